The molecule has 0 aliphatic rings. The van der Waals surface area contributed by atoms with E-state index in [0.717, 1.165) is 5.56 Å². The molecule has 4 heteroatoms. The van der Waals surface area contributed by atoms with Crippen LogP contribution in [0, 0.1) is 5.41 Å². The molecule has 0 bridgehead atoms. The molecule has 1 amide bonds. The molecule has 4 nitrogen and oxygen atoms in total. The van der Waals surface area contributed by atoms with Crippen LogP contribution in [0.3, 0.4) is 0 Å². The van der Waals surface area contributed by atoms with E-state index in [2.05, 4.69) is 5.32 Å². The summed E-state index contributed by atoms with van der Waals surface area (Å²) in [5, 5.41) is 11.4. The summed E-state index contributed by atoms with van der Waals surface area (Å²) in [7, 11) is 0. The Bertz CT molecular complexity index is 462. The number of Topliss-reactive ketones (excluding diaryl/α,β-unsaturated/α-hetero) is 1. The third kappa shape index (κ3) is 4.09. The molecule has 0 saturated heterocycles. The second kappa shape index (κ2) is 5.43. The van der Waals surface area contributed by atoms with Crippen molar-refractivity contribution < 1.29 is 14.7 Å². The predicted molar refractivity (Wildman–Crippen MR) is 74.2 cm³/mol. The summed E-state index contributed by atoms with van der Waals surface area (Å²) < 4.78 is 0. The topological polar surface area (TPSA) is 66.4 Å². The van der Waals surface area contributed by atoms with Crippen LogP contribution in [0.5, 0.6) is 0 Å². The molecule has 1 rings (SSSR count). The van der Waals surface area contributed by atoms with Crippen molar-refractivity contribution in [1.29, 1.82) is 0 Å². The van der Waals surface area contributed by atoms with Gasteiger partial charge in [-0.3, -0.25) is 4.79 Å². The molecule has 2 N–H and O–H groups in total. The van der Waals surface area contributed by atoms with E-state index in [-0.39, 0.29) is 5.78 Å². The van der Waals surface area contributed by atoms with E-state index in [1.807, 2.05) is 30.3 Å². The largest absolute Gasteiger partial charge is 0.465 e. The monoisotopic (exact) mass is 263 g/mol. The van der Waals surface area contributed by atoms with Gasteiger partial charge in [-0.15, -0.1) is 0 Å². The fourth-order valence-electron chi connectivity index (χ4n) is 2.25. The molecule has 0 saturated carbocycles. The maximum atomic E-state index is 12.5. The van der Waals surface area contributed by atoms with Crippen LogP contribution in [0.4, 0.5) is 4.79 Å². The molecule has 104 valence electrons. The van der Waals surface area contributed by atoms with E-state index in [4.69, 9.17) is 5.11 Å². The fourth-order valence-corrected chi connectivity index (χ4v) is 2.25. The Morgan fingerprint density at radius 2 is 1.63 bits per heavy atom. The number of benzene rings is 1. The summed E-state index contributed by atoms with van der Waals surface area (Å²) >= 11 is 0. The minimum absolute atomic E-state index is 0.119. The summed E-state index contributed by atoms with van der Waals surface area (Å²) in [6.45, 7) is 7.02. The van der Waals surface area contributed by atoms with Crippen LogP contribution >= 0.6 is 0 Å². The summed E-state index contributed by atoms with van der Waals surface area (Å²) in [5.74, 6) is -0.119. The average molecular weight is 263 g/mol. The van der Waals surface area contributed by atoms with E-state index in [9.17, 15) is 9.59 Å². The highest BCUT2D eigenvalue weighted by Crippen LogP contribution is 2.26. The van der Waals surface area contributed by atoms with Gasteiger partial charge >= 0.3 is 6.09 Å². The average Bonchev–Trinajstić information content (AvgIpc) is 2.27. The third-order valence-corrected chi connectivity index (χ3v) is 2.97. The van der Waals surface area contributed by atoms with Crippen molar-refractivity contribution in [2.24, 2.45) is 5.41 Å². The van der Waals surface area contributed by atoms with Gasteiger partial charge in [-0.1, -0.05) is 51.1 Å². The first-order valence-corrected chi connectivity index (χ1v) is 6.25. The van der Waals surface area contributed by atoms with Crippen LogP contribution in [-0.4, -0.2) is 22.5 Å². The molecule has 19 heavy (non-hydrogen) atoms. The lowest BCUT2D eigenvalue weighted by Crippen LogP contribution is -2.57. The summed E-state index contributed by atoms with van der Waals surface area (Å²) in [6, 6.07) is 9.41. The number of carbonyl (C=O) groups is 2. The van der Waals surface area contributed by atoms with Gasteiger partial charge in [-0.25, -0.2) is 4.79 Å². The van der Waals surface area contributed by atoms with E-state index >= 15 is 0 Å². The van der Waals surface area contributed by atoms with Gasteiger partial charge in [0.15, 0.2) is 5.78 Å². The van der Waals surface area contributed by atoms with E-state index in [0.29, 0.717) is 6.42 Å². The molecular weight excluding hydrogens is 242 g/mol. The van der Waals surface area contributed by atoms with Crippen LogP contribution < -0.4 is 5.32 Å². The number of rotatable bonds is 4. The summed E-state index contributed by atoms with van der Waals surface area (Å²) in [5.41, 5.74) is -0.798. The number of hydrogen-bond acceptors (Lipinski definition) is 2. The second-order valence-corrected chi connectivity index (χ2v) is 6.00. The molecule has 1 atom stereocenters. The first-order valence-electron chi connectivity index (χ1n) is 6.25. The molecule has 0 radical (unpaired) electrons. The zero-order valence-electron chi connectivity index (χ0n) is 11.9. The van der Waals surface area contributed by atoms with Gasteiger partial charge in [-0.05, 0) is 12.5 Å². The Balaban J connectivity index is 3.06. The van der Waals surface area contributed by atoms with Gasteiger partial charge in [0.2, 0.25) is 0 Å². The molecule has 0 aliphatic heterocycles. The molecule has 0 fully saturated rings. The SMILES string of the molecule is CC(C)(C)C(=O)[C@@](C)(Cc1ccccc1)NC(=O)O. The standard InChI is InChI=1S/C15H21NO3/c1-14(2,3)12(17)15(4,16-13(18)19)10-11-8-6-5-7-9-11/h5-9,16H,10H2,1-4H3,(H,18,19)/t15-/m1/s1. The van der Waals surface area contributed by atoms with E-state index in [1.165, 1.54) is 0 Å². The minimum Gasteiger partial charge on any atom is -0.465 e. The van der Waals surface area contributed by atoms with Gasteiger partial charge in [-0.2, -0.15) is 0 Å². The molecule has 0 heterocycles. The number of ketones is 1. The third-order valence-electron chi connectivity index (χ3n) is 2.97. The van der Waals surface area contributed by atoms with Crippen LogP contribution in [0.25, 0.3) is 0 Å². The van der Waals surface area contributed by atoms with Crippen LogP contribution in [0.1, 0.15) is 33.3 Å². The Hall–Kier alpha value is -1.84. The molecular formula is C15H21NO3. The molecule has 0 aliphatic carbocycles. The van der Waals surface area contributed by atoms with E-state index < -0.39 is 17.0 Å². The Labute approximate surface area is 113 Å². The van der Waals surface area contributed by atoms with Crippen LogP contribution in [-0.2, 0) is 11.2 Å². The highest BCUT2D eigenvalue weighted by atomic mass is 16.4. The highest BCUT2D eigenvalue weighted by molar-refractivity contribution is 5.95. The molecule has 1 aromatic carbocycles. The number of hydrogen-bond donors (Lipinski definition) is 2. The maximum absolute atomic E-state index is 12.5. The van der Waals surface area contributed by atoms with Crippen LogP contribution in [0.2, 0.25) is 0 Å². The van der Waals surface area contributed by atoms with Crippen molar-refractivity contribution in [3.63, 3.8) is 0 Å². The van der Waals surface area contributed by atoms with Gasteiger partial charge < -0.3 is 10.4 Å². The Morgan fingerprint density at radius 1 is 1.11 bits per heavy atom. The van der Waals surface area contributed by atoms with Gasteiger partial charge in [0.05, 0.1) is 0 Å². The Morgan fingerprint density at radius 3 is 2.05 bits per heavy atom. The van der Waals surface area contributed by atoms with Crippen molar-refractivity contribution in [2.75, 3.05) is 0 Å². The minimum atomic E-state index is -1.18. The van der Waals surface area contributed by atoms with Gasteiger partial charge in [0, 0.05) is 11.8 Å². The van der Waals surface area contributed by atoms with Crippen LogP contribution in [0.15, 0.2) is 30.3 Å². The van der Waals surface area contributed by atoms with Gasteiger partial charge in [0.25, 0.3) is 0 Å². The molecule has 0 spiro atoms. The van der Waals surface area contributed by atoms with Crippen molar-refractivity contribution in [1.82, 2.24) is 5.32 Å². The number of amides is 1. The van der Waals surface area contributed by atoms with Crippen molar-refractivity contribution in [3.8, 4) is 0 Å². The lowest BCUT2D eigenvalue weighted by Gasteiger charge is -2.34. The van der Waals surface area contributed by atoms with Crippen molar-refractivity contribution >= 4 is 11.9 Å². The zero-order valence-corrected chi connectivity index (χ0v) is 11.9. The zero-order chi connectivity index (χ0) is 14.7. The normalized spacial score (nSPS) is 14.5. The Kier molecular flexibility index (Phi) is 4.35. The highest BCUT2D eigenvalue weighted by Gasteiger charge is 2.41. The quantitative estimate of drug-likeness (QED) is 0.877. The predicted octanol–water partition coefficient (Wildman–Crippen LogP) is 2.87. The number of carbonyl (C=O) groups excluding carboxylic acids is 1. The first-order chi connectivity index (χ1) is 8.65. The lowest BCUT2D eigenvalue weighted by atomic mass is 9.76. The first kappa shape index (κ1) is 15.2. The summed E-state index contributed by atoms with van der Waals surface area (Å²) in [4.78, 5) is 23.5. The number of carboxylic acid groups (broad SMARTS) is 1. The summed E-state index contributed by atoms with van der Waals surface area (Å²) in [6.07, 6.45) is -0.841. The van der Waals surface area contributed by atoms with Crippen molar-refractivity contribution in [2.45, 2.75) is 39.7 Å². The molecule has 0 aromatic heterocycles. The second-order valence-electron chi connectivity index (χ2n) is 6.00. The fraction of sp³-hybridized carbons (Fsp3) is 0.467. The maximum Gasteiger partial charge on any atom is 0.405 e. The molecule has 0 unspecified atom stereocenters. The van der Waals surface area contributed by atoms with E-state index in [1.54, 1.807) is 27.7 Å². The number of nitrogens with one attached hydrogen (secondary N) is 1. The lowest BCUT2D eigenvalue weighted by molar-refractivity contribution is -0.132. The molecule has 1 aromatic rings. The van der Waals surface area contributed by atoms with Gasteiger partial charge in [0.1, 0.15) is 5.54 Å². The smallest absolute Gasteiger partial charge is 0.405 e. The van der Waals surface area contributed by atoms with Crippen molar-refractivity contribution in [3.05, 3.63) is 35.9 Å².